The zero-order chi connectivity index (χ0) is 10.9. The molecule has 15 heavy (non-hydrogen) atoms. The van der Waals surface area contributed by atoms with Crippen LogP contribution in [0.3, 0.4) is 0 Å². The van der Waals surface area contributed by atoms with E-state index in [2.05, 4.69) is 0 Å². The molecule has 1 atom stereocenters. The van der Waals surface area contributed by atoms with Crippen molar-refractivity contribution >= 4 is 10.1 Å². The van der Waals surface area contributed by atoms with Crippen LogP contribution in [-0.2, 0) is 20.7 Å². The number of fused-ring (bicyclic) bond motifs is 1. The predicted molar refractivity (Wildman–Crippen MR) is 55.4 cm³/mol. The summed E-state index contributed by atoms with van der Waals surface area (Å²) >= 11 is 0. The van der Waals surface area contributed by atoms with Gasteiger partial charge in [-0.3, -0.25) is 4.18 Å². The van der Waals surface area contributed by atoms with Gasteiger partial charge in [-0.25, -0.2) is 0 Å². The number of hydrogen-bond acceptors (Lipinski definition) is 4. The van der Waals surface area contributed by atoms with E-state index in [1.54, 1.807) is 0 Å². The van der Waals surface area contributed by atoms with Crippen molar-refractivity contribution < 1.29 is 17.3 Å². The molecule has 0 amide bonds. The van der Waals surface area contributed by atoms with Crippen molar-refractivity contribution in [2.45, 2.75) is 12.5 Å². The topological polar surface area (TPSA) is 52.6 Å². The third-order valence-corrected chi connectivity index (χ3v) is 2.75. The lowest BCUT2D eigenvalue weighted by atomic mass is 10.1. The van der Waals surface area contributed by atoms with Crippen LogP contribution in [0.5, 0.6) is 5.75 Å². The van der Waals surface area contributed by atoms with E-state index >= 15 is 0 Å². The second-order valence-corrected chi connectivity index (χ2v) is 5.18. The predicted octanol–water partition coefficient (Wildman–Crippen LogP) is 0.966. The van der Waals surface area contributed by atoms with Gasteiger partial charge in [-0.1, -0.05) is 18.2 Å². The minimum absolute atomic E-state index is 0.0769. The SMILES string of the molecule is CS(=O)(=O)OCC1Cc2ccccc2O1. The molecule has 0 bridgehead atoms. The van der Waals surface area contributed by atoms with Gasteiger partial charge in [-0.15, -0.1) is 0 Å². The van der Waals surface area contributed by atoms with Crippen molar-refractivity contribution in [1.29, 1.82) is 0 Å². The van der Waals surface area contributed by atoms with E-state index in [1.165, 1.54) is 0 Å². The Hall–Kier alpha value is -1.07. The second kappa shape index (κ2) is 3.83. The maximum Gasteiger partial charge on any atom is 0.264 e. The third-order valence-electron chi connectivity index (χ3n) is 2.18. The molecule has 4 nitrogen and oxygen atoms in total. The molecule has 1 heterocycles. The Morgan fingerprint density at radius 2 is 2.20 bits per heavy atom. The summed E-state index contributed by atoms with van der Waals surface area (Å²) in [5, 5.41) is 0. The fourth-order valence-electron chi connectivity index (χ4n) is 1.55. The molecule has 1 aromatic rings. The summed E-state index contributed by atoms with van der Waals surface area (Å²) in [5.41, 5.74) is 1.10. The lowest BCUT2D eigenvalue weighted by Crippen LogP contribution is -2.22. The second-order valence-electron chi connectivity index (χ2n) is 3.54. The standard InChI is InChI=1S/C10H12O4S/c1-15(11,12)13-7-9-6-8-4-2-3-5-10(8)14-9/h2-5,9H,6-7H2,1H3. The molecule has 0 saturated carbocycles. The van der Waals surface area contributed by atoms with Crippen LogP contribution >= 0.6 is 0 Å². The molecule has 1 aromatic carbocycles. The molecule has 1 aliphatic heterocycles. The van der Waals surface area contributed by atoms with E-state index < -0.39 is 10.1 Å². The first-order valence-electron chi connectivity index (χ1n) is 4.63. The Labute approximate surface area is 88.9 Å². The molecule has 1 unspecified atom stereocenters. The van der Waals surface area contributed by atoms with E-state index in [-0.39, 0.29) is 12.7 Å². The minimum atomic E-state index is -3.38. The first-order chi connectivity index (χ1) is 7.04. The zero-order valence-corrected chi connectivity index (χ0v) is 9.16. The van der Waals surface area contributed by atoms with Gasteiger partial charge in [0.2, 0.25) is 0 Å². The molecule has 0 N–H and O–H groups in total. The Bertz CT molecular complexity index is 427. The van der Waals surface area contributed by atoms with Gasteiger partial charge in [0.05, 0.1) is 6.26 Å². The Morgan fingerprint density at radius 3 is 2.87 bits per heavy atom. The summed E-state index contributed by atoms with van der Waals surface area (Å²) in [6, 6.07) is 7.66. The summed E-state index contributed by atoms with van der Waals surface area (Å²) in [6.45, 7) is 0.0769. The average molecular weight is 228 g/mol. The van der Waals surface area contributed by atoms with Crippen LogP contribution in [0.2, 0.25) is 0 Å². The Balaban J connectivity index is 1.96. The monoisotopic (exact) mass is 228 g/mol. The third kappa shape index (κ3) is 2.70. The number of para-hydroxylation sites is 1. The molecular weight excluding hydrogens is 216 g/mol. The molecule has 0 aromatic heterocycles. The number of hydrogen-bond donors (Lipinski definition) is 0. The lowest BCUT2D eigenvalue weighted by Gasteiger charge is -2.09. The maximum atomic E-state index is 10.8. The van der Waals surface area contributed by atoms with E-state index in [4.69, 9.17) is 8.92 Å². The summed E-state index contributed by atoms with van der Waals surface area (Å²) in [4.78, 5) is 0. The fourth-order valence-corrected chi connectivity index (χ4v) is 1.95. The van der Waals surface area contributed by atoms with Gasteiger partial charge in [0.25, 0.3) is 10.1 Å². The van der Waals surface area contributed by atoms with Crippen LogP contribution in [-0.4, -0.2) is 27.4 Å². The zero-order valence-electron chi connectivity index (χ0n) is 8.34. The van der Waals surface area contributed by atoms with Crippen LogP contribution in [0.15, 0.2) is 24.3 Å². The molecule has 0 saturated heterocycles. The Morgan fingerprint density at radius 1 is 1.47 bits per heavy atom. The highest BCUT2D eigenvalue weighted by Crippen LogP contribution is 2.28. The van der Waals surface area contributed by atoms with Gasteiger partial charge < -0.3 is 4.74 Å². The highest BCUT2D eigenvalue weighted by atomic mass is 32.2. The molecule has 5 heteroatoms. The van der Waals surface area contributed by atoms with Gasteiger partial charge in [0.1, 0.15) is 18.5 Å². The molecule has 0 radical (unpaired) electrons. The van der Waals surface area contributed by atoms with E-state index in [1.807, 2.05) is 24.3 Å². The largest absolute Gasteiger partial charge is 0.487 e. The smallest absolute Gasteiger partial charge is 0.264 e. The molecule has 0 spiro atoms. The van der Waals surface area contributed by atoms with Crippen molar-refractivity contribution in [2.24, 2.45) is 0 Å². The van der Waals surface area contributed by atoms with Crippen LogP contribution in [0.1, 0.15) is 5.56 Å². The number of benzene rings is 1. The average Bonchev–Trinajstić information content (AvgIpc) is 2.56. The number of rotatable bonds is 3. The molecule has 82 valence electrons. The van der Waals surface area contributed by atoms with Crippen molar-refractivity contribution in [1.82, 2.24) is 0 Å². The molecule has 0 fully saturated rings. The lowest BCUT2D eigenvalue weighted by molar-refractivity contribution is 0.153. The van der Waals surface area contributed by atoms with E-state index in [9.17, 15) is 8.42 Å². The normalized spacial score (nSPS) is 19.7. The van der Waals surface area contributed by atoms with E-state index in [0.717, 1.165) is 17.6 Å². The van der Waals surface area contributed by atoms with Crippen molar-refractivity contribution in [3.05, 3.63) is 29.8 Å². The molecule has 1 aliphatic rings. The molecular formula is C10H12O4S. The van der Waals surface area contributed by atoms with Gasteiger partial charge in [-0.05, 0) is 11.6 Å². The summed E-state index contributed by atoms with van der Waals surface area (Å²) in [7, 11) is -3.38. The fraction of sp³-hybridized carbons (Fsp3) is 0.400. The van der Waals surface area contributed by atoms with Crippen LogP contribution < -0.4 is 4.74 Å². The van der Waals surface area contributed by atoms with Crippen molar-refractivity contribution in [2.75, 3.05) is 12.9 Å². The summed E-state index contributed by atoms with van der Waals surface area (Å²) < 4.78 is 31.8. The van der Waals surface area contributed by atoms with Crippen LogP contribution in [0, 0.1) is 0 Å². The quantitative estimate of drug-likeness (QED) is 0.723. The highest BCUT2D eigenvalue weighted by Gasteiger charge is 2.23. The van der Waals surface area contributed by atoms with Crippen molar-refractivity contribution in [3.63, 3.8) is 0 Å². The highest BCUT2D eigenvalue weighted by molar-refractivity contribution is 7.85. The summed E-state index contributed by atoms with van der Waals surface area (Å²) in [6.07, 6.45) is 1.54. The van der Waals surface area contributed by atoms with Crippen molar-refractivity contribution in [3.8, 4) is 5.75 Å². The molecule has 0 aliphatic carbocycles. The van der Waals surface area contributed by atoms with Gasteiger partial charge >= 0.3 is 0 Å². The maximum absolute atomic E-state index is 10.8. The van der Waals surface area contributed by atoms with E-state index in [0.29, 0.717) is 6.42 Å². The minimum Gasteiger partial charge on any atom is -0.487 e. The van der Waals surface area contributed by atoms with Crippen LogP contribution in [0.25, 0.3) is 0 Å². The van der Waals surface area contributed by atoms with Gasteiger partial charge in [0.15, 0.2) is 0 Å². The molecule has 2 rings (SSSR count). The van der Waals surface area contributed by atoms with Crippen LogP contribution in [0.4, 0.5) is 0 Å². The van der Waals surface area contributed by atoms with Gasteiger partial charge in [0, 0.05) is 6.42 Å². The van der Waals surface area contributed by atoms with Gasteiger partial charge in [-0.2, -0.15) is 8.42 Å². The first-order valence-corrected chi connectivity index (χ1v) is 6.45. The first kappa shape index (κ1) is 10.4. The number of ether oxygens (including phenoxy) is 1. The Kier molecular flexibility index (Phi) is 2.67. The summed E-state index contributed by atoms with van der Waals surface area (Å²) in [5.74, 6) is 0.819.